The van der Waals surface area contributed by atoms with Crippen LogP contribution in [0.3, 0.4) is 0 Å². The molecule has 4 heteroatoms. The minimum atomic E-state index is 0.103. The van der Waals surface area contributed by atoms with Crippen LogP contribution in [0.15, 0.2) is 34.8 Å². The molecule has 0 fully saturated rings. The maximum absolute atomic E-state index is 10.5. The van der Waals surface area contributed by atoms with E-state index in [0.29, 0.717) is 17.5 Å². The highest BCUT2D eigenvalue weighted by molar-refractivity contribution is 9.10. The lowest BCUT2D eigenvalue weighted by Gasteiger charge is -2.17. The Bertz CT molecular complexity index is 750. The molecule has 0 spiro atoms. The Labute approximate surface area is 145 Å². The first kappa shape index (κ1) is 17.4. The molecule has 1 atom stereocenters. The molecule has 0 saturated heterocycles. The third kappa shape index (κ3) is 3.86. The molecular formula is C19H20BrNO2. The van der Waals surface area contributed by atoms with Gasteiger partial charge in [-0.3, -0.25) is 0 Å². The van der Waals surface area contributed by atoms with Crippen LogP contribution in [0.5, 0.6) is 11.5 Å². The number of benzene rings is 2. The Morgan fingerprint density at radius 2 is 1.96 bits per heavy atom. The van der Waals surface area contributed by atoms with Crippen molar-refractivity contribution in [2.75, 3.05) is 0 Å². The second-order valence-electron chi connectivity index (χ2n) is 5.78. The van der Waals surface area contributed by atoms with E-state index >= 15 is 0 Å². The first-order valence-corrected chi connectivity index (χ1v) is 8.49. The summed E-state index contributed by atoms with van der Waals surface area (Å²) >= 11 is 3.40. The summed E-state index contributed by atoms with van der Waals surface area (Å²) < 4.78 is 0.784. The molecule has 0 bridgehead atoms. The lowest BCUT2D eigenvalue weighted by atomic mass is 9.90. The van der Waals surface area contributed by atoms with Crippen LogP contribution in [-0.4, -0.2) is 10.2 Å². The molecule has 3 nitrogen and oxygen atoms in total. The van der Waals surface area contributed by atoms with Gasteiger partial charge >= 0.3 is 0 Å². The summed E-state index contributed by atoms with van der Waals surface area (Å²) in [5.74, 6) is 0.458. The SMILES string of the molecule is CCCc1c(O)ccc([C@H](C)Cc2ccc(C#N)c(Br)c2)c1O. The number of aromatic hydroxyl groups is 2. The molecule has 0 amide bonds. The maximum atomic E-state index is 10.5. The average molecular weight is 374 g/mol. The van der Waals surface area contributed by atoms with Crippen molar-refractivity contribution >= 4 is 15.9 Å². The van der Waals surface area contributed by atoms with Crippen molar-refractivity contribution in [3.05, 3.63) is 57.1 Å². The molecule has 2 aromatic carbocycles. The average Bonchev–Trinajstić information content (AvgIpc) is 2.51. The molecule has 0 aliphatic rings. The molecule has 2 rings (SSSR count). The van der Waals surface area contributed by atoms with Crippen LogP contribution < -0.4 is 0 Å². The third-order valence-corrected chi connectivity index (χ3v) is 4.67. The van der Waals surface area contributed by atoms with E-state index in [2.05, 4.69) is 22.0 Å². The lowest BCUT2D eigenvalue weighted by molar-refractivity contribution is 0.430. The van der Waals surface area contributed by atoms with Crippen LogP contribution in [0.1, 0.15) is 48.4 Å². The topological polar surface area (TPSA) is 64.2 Å². The smallest absolute Gasteiger partial charge is 0.125 e. The number of nitriles is 1. The summed E-state index contributed by atoms with van der Waals surface area (Å²) in [6.07, 6.45) is 2.26. The van der Waals surface area contributed by atoms with Crippen LogP contribution in [0.2, 0.25) is 0 Å². The van der Waals surface area contributed by atoms with Crippen molar-refractivity contribution in [3.63, 3.8) is 0 Å². The van der Waals surface area contributed by atoms with Gasteiger partial charge in [-0.15, -0.1) is 0 Å². The Kier molecular flexibility index (Phi) is 5.68. The van der Waals surface area contributed by atoms with Crippen LogP contribution in [0.4, 0.5) is 0 Å². The Hall–Kier alpha value is -1.99. The van der Waals surface area contributed by atoms with Crippen molar-refractivity contribution in [2.24, 2.45) is 0 Å². The number of halogens is 1. The fourth-order valence-electron chi connectivity index (χ4n) is 2.78. The first-order chi connectivity index (χ1) is 11.0. The van der Waals surface area contributed by atoms with Gasteiger partial charge in [0.05, 0.1) is 5.56 Å². The zero-order valence-corrected chi connectivity index (χ0v) is 14.9. The van der Waals surface area contributed by atoms with Gasteiger partial charge in [-0.1, -0.05) is 32.4 Å². The first-order valence-electron chi connectivity index (χ1n) is 7.70. The Morgan fingerprint density at radius 1 is 1.22 bits per heavy atom. The number of nitrogens with zero attached hydrogens (tertiary/aromatic N) is 1. The summed E-state index contributed by atoms with van der Waals surface area (Å²) in [7, 11) is 0. The van der Waals surface area contributed by atoms with Crippen LogP contribution in [-0.2, 0) is 12.8 Å². The van der Waals surface area contributed by atoms with E-state index < -0.39 is 0 Å². The molecule has 2 N–H and O–H groups in total. The molecule has 0 heterocycles. The van der Waals surface area contributed by atoms with E-state index in [1.165, 1.54) is 0 Å². The van der Waals surface area contributed by atoms with Crippen molar-refractivity contribution < 1.29 is 10.2 Å². The van der Waals surface area contributed by atoms with E-state index in [1.807, 2.05) is 26.0 Å². The van der Waals surface area contributed by atoms with Gasteiger partial charge in [-0.25, -0.2) is 0 Å². The summed E-state index contributed by atoms with van der Waals surface area (Å²) in [6, 6.07) is 11.2. The van der Waals surface area contributed by atoms with Crippen LogP contribution in [0.25, 0.3) is 0 Å². The quantitative estimate of drug-likeness (QED) is 0.772. The van der Waals surface area contributed by atoms with Crippen LogP contribution in [0, 0.1) is 11.3 Å². The van der Waals surface area contributed by atoms with Gasteiger partial charge < -0.3 is 10.2 Å². The number of rotatable bonds is 5. The molecular weight excluding hydrogens is 354 g/mol. The zero-order valence-electron chi connectivity index (χ0n) is 13.3. The van der Waals surface area contributed by atoms with Crippen molar-refractivity contribution in [2.45, 2.75) is 39.0 Å². The van der Waals surface area contributed by atoms with Gasteiger partial charge in [0.2, 0.25) is 0 Å². The Morgan fingerprint density at radius 3 is 2.57 bits per heavy atom. The number of hydrogen-bond donors (Lipinski definition) is 2. The zero-order chi connectivity index (χ0) is 17.0. The lowest BCUT2D eigenvalue weighted by Crippen LogP contribution is -2.01. The normalized spacial score (nSPS) is 11.9. The molecule has 0 unspecified atom stereocenters. The highest BCUT2D eigenvalue weighted by atomic mass is 79.9. The Balaban J connectivity index is 2.27. The predicted octanol–water partition coefficient (Wildman–Crippen LogP) is 5.03. The summed E-state index contributed by atoms with van der Waals surface area (Å²) in [5, 5.41) is 29.4. The van der Waals surface area contributed by atoms with Crippen LogP contribution >= 0.6 is 15.9 Å². The highest BCUT2D eigenvalue weighted by Crippen LogP contribution is 2.37. The fourth-order valence-corrected chi connectivity index (χ4v) is 3.29. The van der Waals surface area contributed by atoms with Gasteiger partial charge in [0.15, 0.2) is 0 Å². The van der Waals surface area contributed by atoms with E-state index in [-0.39, 0.29) is 17.4 Å². The minimum Gasteiger partial charge on any atom is -0.508 e. The largest absolute Gasteiger partial charge is 0.508 e. The van der Waals surface area contributed by atoms with Gasteiger partial charge in [-0.05, 0) is 64.0 Å². The molecule has 0 aliphatic carbocycles. The van der Waals surface area contributed by atoms with Crippen molar-refractivity contribution in [1.82, 2.24) is 0 Å². The predicted molar refractivity (Wildman–Crippen MR) is 94.7 cm³/mol. The monoisotopic (exact) mass is 373 g/mol. The fraction of sp³-hybridized carbons (Fsp3) is 0.316. The van der Waals surface area contributed by atoms with Gasteiger partial charge in [0, 0.05) is 10.0 Å². The summed E-state index contributed by atoms with van der Waals surface area (Å²) in [6.45, 7) is 4.07. The van der Waals surface area contributed by atoms with E-state index in [0.717, 1.165) is 28.4 Å². The standard InChI is InChI=1S/C19H20BrNO2/c1-3-4-16-18(22)8-7-15(19(16)23)12(2)9-13-5-6-14(11-21)17(20)10-13/h5-8,10,12,22-23H,3-4,9H2,1-2H3/t12-/m1/s1. The maximum Gasteiger partial charge on any atom is 0.125 e. The van der Waals surface area contributed by atoms with E-state index in [4.69, 9.17) is 5.26 Å². The second kappa shape index (κ2) is 7.52. The number of phenolic OH excluding ortho intramolecular Hbond substituents is 2. The summed E-state index contributed by atoms with van der Waals surface area (Å²) in [5.41, 5.74) is 3.16. The number of phenols is 2. The molecule has 0 aliphatic heterocycles. The molecule has 120 valence electrons. The third-order valence-electron chi connectivity index (χ3n) is 4.02. The second-order valence-corrected chi connectivity index (χ2v) is 6.64. The summed E-state index contributed by atoms with van der Waals surface area (Å²) in [4.78, 5) is 0. The molecule has 2 aromatic rings. The van der Waals surface area contributed by atoms with Gasteiger partial charge in [0.25, 0.3) is 0 Å². The molecule has 0 radical (unpaired) electrons. The molecule has 0 aromatic heterocycles. The van der Waals surface area contributed by atoms with E-state index in [9.17, 15) is 10.2 Å². The van der Waals surface area contributed by atoms with Crippen molar-refractivity contribution in [1.29, 1.82) is 5.26 Å². The molecule has 23 heavy (non-hydrogen) atoms. The number of hydrogen-bond acceptors (Lipinski definition) is 3. The van der Waals surface area contributed by atoms with Gasteiger partial charge in [-0.2, -0.15) is 5.26 Å². The van der Waals surface area contributed by atoms with Crippen molar-refractivity contribution in [3.8, 4) is 17.6 Å². The van der Waals surface area contributed by atoms with E-state index in [1.54, 1.807) is 18.2 Å². The minimum absolute atomic E-state index is 0.103. The molecule has 0 saturated carbocycles. The highest BCUT2D eigenvalue weighted by Gasteiger charge is 2.17. The van der Waals surface area contributed by atoms with Gasteiger partial charge in [0.1, 0.15) is 17.6 Å².